The molecule has 0 aliphatic heterocycles. The fourth-order valence-corrected chi connectivity index (χ4v) is 3.20. The van der Waals surface area contributed by atoms with Crippen molar-refractivity contribution in [2.45, 2.75) is 0 Å². The first-order chi connectivity index (χ1) is 14.1. The van der Waals surface area contributed by atoms with Gasteiger partial charge in [0.05, 0.1) is 7.11 Å². The van der Waals surface area contributed by atoms with E-state index in [1.54, 1.807) is 12.3 Å². The highest BCUT2D eigenvalue weighted by Crippen LogP contribution is 2.23. The number of carbonyl (C=O) groups is 2. The lowest BCUT2D eigenvalue weighted by Crippen LogP contribution is -1.99. The first-order valence-electron chi connectivity index (χ1n) is 9.22. The Balaban J connectivity index is 1.55. The summed E-state index contributed by atoms with van der Waals surface area (Å²) in [5.41, 5.74) is 3.98. The maximum Gasteiger partial charge on any atom is 0.330 e. The Morgan fingerprint density at radius 2 is 1.62 bits per heavy atom. The summed E-state index contributed by atoms with van der Waals surface area (Å²) in [7, 11) is 1.35. The number of benzene rings is 3. The van der Waals surface area contributed by atoms with Crippen LogP contribution in [0.4, 0.5) is 0 Å². The lowest BCUT2D eigenvalue weighted by atomic mass is 10.0. The largest absolute Gasteiger partial charge is 0.466 e. The molecule has 142 valence electrons. The van der Waals surface area contributed by atoms with Crippen molar-refractivity contribution in [2.75, 3.05) is 7.11 Å². The van der Waals surface area contributed by atoms with Gasteiger partial charge in [-0.05, 0) is 40.1 Å². The second-order valence-corrected chi connectivity index (χ2v) is 6.67. The molecule has 0 aliphatic rings. The maximum absolute atomic E-state index is 12.9. The third-order valence-electron chi connectivity index (χ3n) is 4.79. The number of ketones is 1. The molecule has 29 heavy (non-hydrogen) atoms. The molecule has 0 unspecified atom stereocenters. The van der Waals surface area contributed by atoms with Crippen LogP contribution in [-0.4, -0.2) is 23.8 Å². The van der Waals surface area contributed by atoms with Crippen LogP contribution in [-0.2, 0) is 9.53 Å². The molecule has 4 heteroatoms. The third kappa shape index (κ3) is 4.01. The van der Waals surface area contributed by atoms with E-state index in [1.165, 1.54) is 13.2 Å². The summed E-state index contributed by atoms with van der Waals surface area (Å²) in [6.45, 7) is 0. The van der Waals surface area contributed by atoms with Crippen LogP contribution < -0.4 is 0 Å². The Bertz CT molecular complexity index is 1220. The summed E-state index contributed by atoms with van der Waals surface area (Å²) in [4.78, 5) is 27.3. The van der Waals surface area contributed by atoms with E-state index in [0.717, 1.165) is 27.6 Å². The fourth-order valence-electron chi connectivity index (χ4n) is 3.20. The zero-order chi connectivity index (χ0) is 20.2. The lowest BCUT2D eigenvalue weighted by molar-refractivity contribution is -0.134. The Kier molecular flexibility index (Phi) is 5.08. The van der Waals surface area contributed by atoms with Crippen molar-refractivity contribution >= 4 is 28.6 Å². The molecule has 0 fully saturated rings. The van der Waals surface area contributed by atoms with Gasteiger partial charge in [-0.15, -0.1) is 0 Å². The van der Waals surface area contributed by atoms with Crippen LogP contribution in [0.2, 0.25) is 0 Å². The Morgan fingerprint density at radius 3 is 2.38 bits per heavy atom. The van der Waals surface area contributed by atoms with Gasteiger partial charge in [-0.25, -0.2) is 4.79 Å². The first kappa shape index (κ1) is 18.4. The molecule has 0 atom stereocenters. The van der Waals surface area contributed by atoms with E-state index in [1.807, 2.05) is 72.8 Å². The molecule has 1 heterocycles. The number of ether oxygens (including phenoxy) is 1. The van der Waals surface area contributed by atoms with E-state index in [0.29, 0.717) is 11.1 Å². The second-order valence-electron chi connectivity index (χ2n) is 6.67. The summed E-state index contributed by atoms with van der Waals surface area (Å²) in [5.74, 6) is -0.411. The van der Waals surface area contributed by atoms with E-state index < -0.39 is 5.97 Å². The number of hydrogen-bond acceptors (Lipinski definition) is 3. The van der Waals surface area contributed by atoms with Crippen molar-refractivity contribution in [1.82, 2.24) is 4.98 Å². The molecular weight excluding hydrogens is 362 g/mol. The number of rotatable bonds is 5. The van der Waals surface area contributed by atoms with Crippen LogP contribution >= 0.6 is 0 Å². The minimum Gasteiger partial charge on any atom is -0.466 e. The molecule has 0 radical (unpaired) electrons. The van der Waals surface area contributed by atoms with Gasteiger partial charge in [0.25, 0.3) is 0 Å². The van der Waals surface area contributed by atoms with Gasteiger partial charge in [0, 0.05) is 29.1 Å². The maximum atomic E-state index is 12.9. The molecule has 0 spiro atoms. The SMILES string of the molecule is COC(=O)C=Cc1ccc(-c2cc(C(=O)c3ccc4ccccc4c3)c[nH]2)cc1. The van der Waals surface area contributed by atoms with Crippen LogP contribution in [0.5, 0.6) is 0 Å². The number of nitrogens with one attached hydrogen (secondary N) is 1. The Labute approximate surface area is 168 Å². The highest BCUT2D eigenvalue weighted by molar-refractivity contribution is 6.11. The molecule has 1 aromatic heterocycles. The molecule has 0 saturated heterocycles. The minimum absolute atomic E-state index is 0.0177. The smallest absolute Gasteiger partial charge is 0.330 e. The highest BCUT2D eigenvalue weighted by atomic mass is 16.5. The number of methoxy groups -OCH3 is 1. The van der Waals surface area contributed by atoms with Crippen LogP contribution in [0.15, 0.2) is 85.1 Å². The molecule has 0 amide bonds. The average molecular weight is 381 g/mol. The summed E-state index contributed by atoms with van der Waals surface area (Å²) in [6, 6.07) is 23.3. The highest BCUT2D eigenvalue weighted by Gasteiger charge is 2.12. The molecule has 1 N–H and O–H groups in total. The van der Waals surface area contributed by atoms with E-state index in [-0.39, 0.29) is 5.78 Å². The molecule has 0 bridgehead atoms. The monoisotopic (exact) mass is 381 g/mol. The normalized spacial score (nSPS) is 11.1. The van der Waals surface area contributed by atoms with Crippen molar-refractivity contribution in [3.05, 3.63) is 102 Å². The fraction of sp³-hybridized carbons (Fsp3) is 0.0400. The molecule has 0 saturated carbocycles. The van der Waals surface area contributed by atoms with Crippen molar-refractivity contribution < 1.29 is 14.3 Å². The lowest BCUT2D eigenvalue weighted by Gasteiger charge is -2.02. The number of carbonyl (C=O) groups excluding carboxylic acids is 2. The van der Waals surface area contributed by atoms with Crippen molar-refractivity contribution in [3.8, 4) is 11.3 Å². The molecule has 4 aromatic rings. The zero-order valence-corrected chi connectivity index (χ0v) is 15.9. The van der Waals surface area contributed by atoms with Gasteiger partial charge in [-0.3, -0.25) is 4.79 Å². The average Bonchev–Trinajstić information content (AvgIpc) is 3.27. The molecular formula is C25H19NO3. The van der Waals surface area contributed by atoms with Gasteiger partial charge in [0.15, 0.2) is 5.78 Å². The van der Waals surface area contributed by atoms with Crippen molar-refractivity contribution in [3.63, 3.8) is 0 Å². The van der Waals surface area contributed by atoms with Crippen molar-refractivity contribution in [2.24, 2.45) is 0 Å². The van der Waals surface area contributed by atoms with Crippen LogP contribution in [0, 0.1) is 0 Å². The molecule has 4 rings (SSSR count). The topological polar surface area (TPSA) is 59.2 Å². The number of aromatic amines is 1. The van der Waals surface area contributed by atoms with Gasteiger partial charge in [0.1, 0.15) is 0 Å². The van der Waals surface area contributed by atoms with E-state index in [2.05, 4.69) is 9.72 Å². The van der Waals surface area contributed by atoms with Gasteiger partial charge in [-0.2, -0.15) is 0 Å². The zero-order valence-electron chi connectivity index (χ0n) is 15.9. The number of fused-ring (bicyclic) bond motifs is 1. The van der Waals surface area contributed by atoms with Crippen LogP contribution in [0.3, 0.4) is 0 Å². The van der Waals surface area contributed by atoms with E-state index in [4.69, 9.17) is 0 Å². The standard InChI is InChI=1S/C25H19NO3/c1-29-24(27)13-8-17-6-9-19(10-7-17)23-15-22(16-26-23)25(28)21-12-11-18-4-2-3-5-20(18)14-21/h2-16,26H,1H3. The third-order valence-corrected chi connectivity index (χ3v) is 4.79. The summed E-state index contributed by atoms with van der Waals surface area (Å²) in [6.07, 6.45) is 4.81. The first-order valence-corrected chi connectivity index (χ1v) is 9.22. The molecule has 3 aromatic carbocycles. The number of aromatic nitrogens is 1. The van der Waals surface area contributed by atoms with Gasteiger partial charge < -0.3 is 9.72 Å². The second kappa shape index (κ2) is 7.98. The summed E-state index contributed by atoms with van der Waals surface area (Å²) >= 11 is 0. The summed E-state index contributed by atoms with van der Waals surface area (Å²) < 4.78 is 4.59. The van der Waals surface area contributed by atoms with E-state index in [9.17, 15) is 9.59 Å². The van der Waals surface area contributed by atoms with Gasteiger partial charge >= 0.3 is 5.97 Å². The number of hydrogen-bond donors (Lipinski definition) is 1. The molecule has 0 aliphatic carbocycles. The van der Waals surface area contributed by atoms with Gasteiger partial charge in [-0.1, -0.05) is 60.7 Å². The van der Waals surface area contributed by atoms with Crippen LogP contribution in [0.25, 0.3) is 28.1 Å². The summed E-state index contributed by atoms with van der Waals surface area (Å²) in [5, 5.41) is 2.16. The molecule has 4 nitrogen and oxygen atoms in total. The number of H-pyrrole nitrogens is 1. The predicted molar refractivity (Wildman–Crippen MR) is 115 cm³/mol. The Morgan fingerprint density at radius 1 is 0.862 bits per heavy atom. The van der Waals surface area contributed by atoms with Crippen molar-refractivity contribution in [1.29, 1.82) is 0 Å². The van der Waals surface area contributed by atoms with Crippen LogP contribution in [0.1, 0.15) is 21.5 Å². The number of esters is 1. The minimum atomic E-state index is -0.393. The Hall–Kier alpha value is -3.92. The predicted octanol–water partition coefficient (Wildman–Crippen LogP) is 5.25. The van der Waals surface area contributed by atoms with Gasteiger partial charge in [0.2, 0.25) is 0 Å². The quantitative estimate of drug-likeness (QED) is 0.292. The van der Waals surface area contributed by atoms with E-state index >= 15 is 0 Å².